The Morgan fingerprint density at radius 3 is 2.35 bits per heavy atom. The van der Waals surface area contributed by atoms with Gasteiger partial charge in [0.05, 0.1) is 4.90 Å². The predicted octanol–water partition coefficient (Wildman–Crippen LogP) is 3.65. The summed E-state index contributed by atoms with van der Waals surface area (Å²) in [6.07, 6.45) is 4.55. The lowest BCUT2D eigenvalue weighted by Gasteiger charge is -2.53. The van der Waals surface area contributed by atoms with Gasteiger partial charge < -0.3 is 9.16 Å². The Balaban J connectivity index is 1.75. The first-order chi connectivity index (χ1) is 12.1. The minimum Gasteiger partial charge on any atom is -0.408 e. The number of sulfonamides is 1. The number of aryl methyl sites for hydroxylation is 1. The van der Waals surface area contributed by atoms with Crippen molar-refractivity contribution in [2.75, 3.05) is 6.54 Å². The highest BCUT2D eigenvalue weighted by molar-refractivity contribution is 7.89. The van der Waals surface area contributed by atoms with Gasteiger partial charge in [-0.2, -0.15) is 4.31 Å². The molecule has 3 fully saturated rings. The Hall–Kier alpha value is -0.733. The molecule has 0 radical (unpaired) electrons. The average Bonchev–Trinajstić information content (AvgIpc) is 3.26. The summed E-state index contributed by atoms with van der Waals surface area (Å²) in [6.45, 7) is 8.97. The molecule has 5 nitrogen and oxygen atoms in total. The van der Waals surface area contributed by atoms with Crippen LogP contribution in [0.3, 0.4) is 0 Å². The molecule has 7 heteroatoms. The van der Waals surface area contributed by atoms with E-state index in [1.54, 1.807) is 16.4 Å². The van der Waals surface area contributed by atoms with Crippen molar-refractivity contribution in [2.24, 2.45) is 0 Å². The lowest BCUT2D eigenvalue weighted by molar-refractivity contribution is -0.123. The second-order valence-electron chi connectivity index (χ2n) is 8.90. The lowest BCUT2D eigenvalue weighted by Crippen LogP contribution is -2.67. The monoisotopic (exact) mass is 395 g/mol. The largest absolute Gasteiger partial charge is 0.408 e. The summed E-state index contributed by atoms with van der Waals surface area (Å²) in [5.74, 6) is 0. The van der Waals surface area contributed by atoms with E-state index in [1.807, 2.05) is 19.1 Å². The summed E-state index contributed by atoms with van der Waals surface area (Å²) in [7, 11) is -5.46. The van der Waals surface area contributed by atoms with Gasteiger partial charge in [-0.3, -0.25) is 0 Å². The molecule has 1 saturated carbocycles. The minimum atomic E-state index is -3.62. The smallest absolute Gasteiger partial charge is 0.245 e. The van der Waals surface area contributed by atoms with Crippen molar-refractivity contribution in [3.63, 3.8) is 0 Å². The van der Waals surface area contributed by atoms with Crippen LogP contribution in [0, 0.1) is 6.92 Å². The van der Waals surface area contributed by atoms with Crippen molar-refractivity contribution in [2.45, 2.75) is 81.0 Å². The van der Waals surface area contributed by atoms with E-state index in [0.29, 0.717) is 11.4 Å². The van der Waals surface area contributed by atoms with Crippen molar-refractivity contribution in [3.05, 3.63) is 29.8 Å². The van der Waals surface area contributed by atoms with E-state index in [2.05, 4.69) is 19.6 Å². The van der Waals surface area contributed by atoms with Gasteiger partial charge in [-0.1, -0.05) is 17.7 Å². The molecule has 144 valence electrons. The molecule has 2 saturated heterocycles. The number of rotatable bonds is 5. The normalized spacial score (nSPS) is 31.2. The molecule has 2 atom stereocenters. The van der Waals surface area contributed by atoms with Crippen LogP contribution in [-0.2, 0) is 19.2 Å². The number of hydrogen-bond acceptors (Lipinski definition) is 4. The summed E-state index contributed by atoms with van der Waals surface area (Å²) in [6, 6.07) is 7.12. The summed E-state index contributed by atoms with van der Waals surface area (Å²) in [5.41, 5.74) is -0.219. The molecule has 2 aliphatic heterocycles. The maximum absolute atomic E-state index is 13.5. The summed E-state index contributed by atoms with van der Waals surface area (Å²) in [5, 5.41) is 0. The van der Waals surface area contributed by atoms with Crippen LogP contribution in [0.1, 0.15) is 37.7 Å². The van der Waals surface area contributed by atoms with E-state index in [4.69, 9.17) is 9.16 Å². The average molecular weight is 396 g/mol. The molecule has 0 unspecified atom stereocenters. The highest BCUT2D eigenvalue weighted by Crippen LogP contribution is 2.62. The summed E-state index contributed by atoms with van der Waals surface area (Å²) in [4.78, 5) is 0.348. The first kappa shape index (κ1) is 18.6. The van der Waals surface area contributed by atoms with Crippen LogP contribution >= 0.6 is 0 Å². The molecule has 1 aromatic rings. The maximum atomic E-state index is 13.5. The Morgan fingerprint density at radius 1 is 1.15 bits per heavy atom. The fraction of sp³-hybridized carbons (Fsp3) is 0.684. The Morgan fingerprint density at radius 2 is 1.81 bits per heavy atom. The SMILES string of the molecule is Cc1ccc(S(=O)(=O)N2CCC[C@H]3O[C@]32C2(O[Si](C)(C)C)CCC2)cc1. The van der Waals surface area contributed by atoms with Crippen LogP contribution in [0.2, 0.25) is 19.6 Å². The van der Waals surface area contributed by atoms with Crippen LogP contribution < -0.4 is 0 Å². The molecule has 1 aliphatic carbocycles. The van der Waals surface area contributed by atoms with Gasteiger partial charge in [0.1, 0.15) is 11.7 Å². The number of piperidine rings is 1. The third kappa shape index (κ3) is 2.71. The van der Waals surface area contributed by atoms with E-state index in [-0.39, 0.29) is 6.10 Å². The number of ether oxygens (including phenoxy) is 1. The number of epoxide rings is 1. The Bertz CT molecular complexity index is 798. The van der Waals surface area contributed by atoms with Crippen molar-refractivity contribution < 1.29 is 17.6 Å². The van der Waals surface area contributed by atoms with E-state index in [1.165, 1.54) is 0 Å². The van der Waals surface area contributed by atoms with E-state index >= 15 is 0 Å². The molecule has 4 rings (SSSR count). The molecule has 0 bridgehead atoms. The van der Waals surface area contributed by atoms with Crippen molar-refractivity contribution in [3.8, 4) is 0 Å². The molecule has 2 heterocycles. The molecule has 0 amide bonds. The van der Waals surface area contributed by atoms with E-state index < -0.39 is 29.7 Å². The van der Waals surface area contributed by atoms with Gasteiger partial charge in [0.15, 0.2) is 14.0 Å². The van der Waals surface area contributed by atoms with Gasteiger partial charge in [-0.05, 0) is 70.8 Å². The maximum Gasteiger partial charge on any atom is 0.245 e. The standard InChI is InChI=1S/C19H29NO4SSi/c1-15-8-10-16(11-9-15)25(21,22)20-14-5-7-17-19(20,23-17)18(12-6-13-18)24-26(2,3)4/h8-11,17H,5-7,12-14H2,1-4H3/t17-,19+/m1/s1. The van der Waals surface area contributed by atoms with Gasteiger partial charge in [-0.15, -0.1) is 0 Å². The van der Waals surface area contributed by atoms with Crippen LogP contribution in [0.5, 0.6) is 0 Å². The summed E-state index contributed by atoms with van der Waals surface area (Å²) >= 11 is 0. The molecule has 1 aromatic carbocycles. The second-order valence-corrected chi connectivity index (χ2v) is 15.2. The molecular formula is C19H29NO4SSi. The zero-order valence-electron chi connectivity index (χ0n) is 16.1. The van der Waals surface area contributed by atoms with E-state index in [9.17, 15) is 8.42 Å². The second kappa shape index (κ2) is 5.88. The fourth-order valence-electron chi connectivity index (χ4n) is 4.62. The molecule has 0 N–H and O–H groups in total. The predicted molar refractivity (Wildman–Crippen MR) is 103 cm³/mol. The molecule has 0 aromatic heterocycles. The topological polar surface area (TPSA) is 59.1 Å². The van der Waals surface area contributed by atoms with Gasteiger partial charge in [-0.25, -0.2) is 8.42 Å². The lowest BCUT2D eigenvalue weighted by atomic mass is 9.72. The zero-order valence-corrected chi connectivity index (χ0v) is 17.9. The van der Waals surface area contributed by atoms with Gasteiger partial charge >= 0.3 is 0 Å². The number of hydrogen-bond donors (Lipinski definition) is 0. The summed E-state index contributed by atoms with van der Waals surface area (Å²) < 4.78 is 41.5. The molecular weight excluding hydrogens is 366 g/mol. The van der Waals surface area contributed by atoms with Gasteiger partial charge in [0.25, 0.3) is 0 Å². The van der Waals surface area contributed by atoms with Crippen LogP contribution in [0.25, 0.3) is 0 Å². The third-order valence-corrected chi connectivity index (χ3v) is 8.73. The Labute approximate surface area is 157 Å². The first-order valence-corrected chi connectivity index (χ1v) is 14.4. The van der Waals surface area contributed by atoms with Gasteiger partial charge in [0.2, 0.25) is 10.0 Å². The highest BCUT2D eigenvalue weighted by atomic mass is 32.2. The van der Waals surface area contributed by atoms with Crippen LogP contribution in [0.15, 0.2) is 29.2 Å². The number of nitrogens with zero attached hydrogens (tertiary/aromatic N) is 1. The van der Waals surface area contributed by atoms with Crippen LogP contribution in [-0.4, -0.2) is 45.0 Å². The van der Waals surface area contributed by atoms with Crippen molar-refractivity contribution in [1.82, 2.24) is 4.31 Å². The van der Waals surface area contributed by atoms with Crippen molar-refractivity contribution in [1.29, 1.82) is 0 Å². The molecule has 0 spiro atoms. The van der Waals surface area contributed by atoms with E-state index in [0.717, 1.165) is 37.7 Å². The number of benzene rings is 1. The molecule has 26 heavy (non-hydrogen) atoms. The molecule has 3 aliphatic rings. The minimum absolute atomic E-state index is 0.0341. The quantitative estimate of drug-likeness (QED) is 0.564. The first-order valence-electron chi connectivity index (χ1n) is 9.58. The number of fused-ring (bicyclic) bond motifs is 1. The van der Waals surface area contributed by atoms with Gasteiger partial charge in [0, 0.05) is 6.54 Å². The fourth-order valence-corrected chi connectivity index (χ4v) is 7.94. The Kier molecular flexibility index (Phi) is 4.21. The zero-order chi connectivity index (χ0) is 18.8. The van der Waals surface area contributed by atoms with Crippen molar-refractivity contribution >= 4 is 18.3 Å². The highest BCUT2D eigenvalue weighted by Gasteiger charge is 2.77. The van der Waals surface area contributed by atoms with Crippen LogP contribution in [0.4, 0.5) is 0 Å². The third-order valence-electron chi connectivity index (χ3n) is 5.82.